The van der Waals surface area contributed by atoms with Crippen molar-refractivity contribution in [2.45, 2.75) is 38.3 Å². The van der Waals surface area contributed by atoms with Crippen molar-refractivity contribution in [3.63, 3.8) is 0 Å². The van der Waals surface area contributed by atoms with Crippen LogP contribution in [0.4, 0.5) is 0 Å². The third-order valence-corrected chi connectivity index (χ3v) is 3.83. The fourth-order valence-corrected chi connectivity index (χ4v) is 2.29. The van der Waals surface area contributed by atoms with Crippen LogP contribution in [0.5, 0.6) is 0 Å². The van der Waals surface area contributed by atoms with Crippen LogP contribution < -0.4 is 49.6 Å². The maximum absolute atomic E-state index is 2.31. The van der Waals surface area contributed by atoms with Crippen molar-refractivity contribution in [3.05, 3.63) is 0 Å². The first-order chi connectivity index (χ1) is 4.13. The van der Waals surface area contributed by atoms with E-state index in [1.807, 2.05) is 0 Å². The summed E-state index contributed by atoms with van der Waals surface area (Å²) >= 11 is 0.755. The fraction of sp³-hybridized carbons (Fsp3) is 1.00. The van der Waals surface area contributed by atoms with Crippen LogP contribution in [0.15, 0.2) is 0 Å². The molecule has 0 saturated heterocycles. The normalized spacial score (nSPS) is 6.71. The van der Waals surface area contributed by atoms with Crippen LogP contribution >= 0.6 is 0 Å². The van der Waals surface area contributed by atoms with E-state index in [0.29, 0.717) is 0 Å². The van der Waals surface area contributed by atoms with Gasteiger partial charge in [-0.2, -0.15) is 0 Å². The maximum atomic E-state index is 2.31. The standard InChI is InChI=1S/2C4H9.2Al.4ClH/c2*1-4(2)3;;;;;;/h2*4H,1H2,2-3H3;;;4*1H/q;;+1;+3;;;;/p-4. The molecule has 0 spiro atoms. The Labute approximate surface area is 131 Å². The van der Waals surface area contributed by atoms with E-state index in [1.54, 1.807) is 0 Å². The Balaban J connectivity index is -0.0000000320. The summed E-state index contributed by atoms with van der Waals surface area (Å²) in [6.07, 6.45) is 0. The molecule has 0 N–H and O–H groups in total. The van der Waals surface area contributed by atoms with E-state index in [1.165, 1.54) is 10.6 Å². The van der Waals surface area contributed by atoms with Gasteiger partial charge in [-0.15, -0.1) is 0 Å². The molecule has 0 aromatic carbocycles. The maximum Gasteiger partial charge on any atom is 3.00 e. The third-order valence-electron chi connectivity index (χ3n) is 1.28. The molecule has 0 saturated carbocycles. The number of halogens is 4. The van der Waals surface area contributed by atoms with Crippen LogP contribution in [0.1, 0.15) is 27.7 Å². The smallest absolute Gasteiger partial charge is 1.00 e. The zero-order chi connectivity index (χ0) is 7.28. The topological polar surface area (TPSA) is 0 Å². The molecule has 0 nitrogen and oxygen atoms in total. The monoisotopic (exact) mass is 308 g/mol. The summed E-state index contributed by atoms with van der Waals surface area (Å²) in [7, 11) is 0. The summed E-state index contributed by atoms with van der Waals surface area (Å²) in [5.41, 5.74) is 0. The SMILES string of the molecule is CC(C)[CH2][Al+][CH2]C(C)C.[Al+3].[Cl-].[Cl-].[Cl-].[Cl-]. The van der Waals surface area contributed by atoms with Crippen LogP contribution in [-0.4, -0.2) is 32.6 Å². The summed E-state index contributed by atoms with van der Waals surface area (Å²) in [5, 5.41) is 2.97. The van der Waals surface area contributed by atoms with Crippen LogP contribution in [0.25, 0.3) is 0 Å². The van der Waals surface area contributed by atoms with Gasteiger partial charge in [0.05, 0.1) is 0 Å². The fourth-order valence-electron chi connectivity index (χ4n) is 0.763. The van der Waals surface area contributed by atoms with Crippen LogP contribution in [0, 0.1) is 11.8 Å². The van der Waals surface area contributed by atoms with Crippen molar-refractivity contribution in [1.29, 1.82) is 0 Å². The van der Waals surface area contributed by atoms with Crippen molar-refractivity contribution < 1.29 is 49.6 Å². The number of rotatable bonds is 4. The molecule has 0 unspecified atom stereocenters. The van der Waals surface area contributed by atoms with Gasteiger partial charge in [0, 0.05) is 0 Å². The van der Waals surface area contributed by atoms with E-state index < -0.39 is 0 Å². The summed E-state index contributed by atoms with van der Waals surface area (Å²) < 4.78 is 0. The average Bonchev–Trinajstić information content (AvgIpc) is 1.63. The molecule has 0 fully saturated rings. The molecule has 0 bridgehead atoms. The number of hydrogen-bond acceptors (Lipinski definition) is 0. The zero-order valence-corrected chi connectivity index (χ0v) is 14.6. The van der Waals surface area contributed by atoms with E-state index in [9.17, 15) is 0 Å². The summed E-state index contributed by atoms with van der Waals surface area (Å²) in [5.74, 6) is 1.86. The van der Waals surface area contributed by atoms with Crippen molar-refractivity contribution in [1.82, 2.24) is 0 Å². The minimum atomic E-state index is 0. The zero-order valence-electron chi connectivity index (χ0n) is 9.24. The molecule has 84 valence electrons. The Bertz CT molecular complexity index is 64.4. The van der Waals surface area contributed by atoms with Gasteiger partial charge in [-0.3, -0.25) is 0 Å². The van der Waals surface area contributed by atoms with Gasteiger partial charge < -0.3 is 49.6 Å². The Morgan fingerprint density at radius 3 is 1.07 bits per heavy atom. The van der Waals surface area contributed by atoms with Gasteiger partial charge in [0.15, 0.2) is 0 Å². The van der Waals surface area contributed by atoms with Gasteiger partial charge in [0.25, 0.3) is 0 Å². The van der Waals surface area contributed by atoms with Gasteiger partial charge in [-0.05, 0) is 0 Å². The molecular formula is C8H18Al2Cl4. The van der Waals surface area contributed by atoms with Gasteiger partial charge in [0.1, 0.15) is 0 Å². The van der Waals surface area contributed by atoms with Crippen molar-refractivity contribution >= 4 is 32.6 Å². The second-order valence-corrected chi connectivity index (χ2v) is 5.07. The van der Waals surface area contributed by atoms with Crippen molar-refractivity contribution in [3.8, 4) is 0 Å². The Kier molecular flexibility index (Phi) is 62.8. The molecule has 0 atom stereocenters. The molecule has 0 radical (unpaired) electrons. The van der Waals surface area contributed by atoms with Gasteiger partial charge in [-0.1, -0.05) is 0 Å². The molecule has 14 heavy (non-hydrogen) atoms. The average molecular weight is 310 g/mol. The Morgan fingerprint density at radius 1 is 0.714 bits per heavy atom. The van der Waals surface area contributed by atoms with Gasteiger partial charge in [0.2, 0.25) is 0 Å². The molecule has 0 aliphatic rings. The minimum Gasteiger partial charge on any atom is -1.00 e. The molecule has 6 heteroatoms. The van der Waals surface area contributed by atoms with Crippen molar-refractivity contribution in [2.24, 2.45) is 11.8 Å². The second-order valence-electron chi connectivity index (χ2n) is 3.55. The van der Waals surface area contributed by atoms with E-state index in [4.69, 9.17) is 0 Å². The van der Waals surface area contributed by atoms with E-state index in [0.717, 1.165) is 27.1 Å². The molecule has 0 heterocycles. The Morgan fingerprint density at radius 2 is 0.929 bits per heavy atom. The molecular weight excluding hydrogens is 292 g/mol. The third kappa shape index (κ3) is 36.8. The summed E-state index contributed by atoms with van der Waals surface area (Å²) in [6.45, 7) is 9.25. The van der Waals surface area contributed by atoms with Crippen LogP contribution in [-0.2, 0) is 0 Å². The van der Waals surface area contributed by atoms with Crippen LogP contribution in [0.3, 0.4) is 0 Å². The second kappa shape index (κ2) is 24.5. The van der Waals surface area contributed by atoms with Crippen LogP contribution in [0.2, 0.25) is 10.6 Å². The molecule has 0 aromatic heterocycles. The number of hydrogen-bond donors (Lipinski definition) is 0. The summed E-state index contributed by atoms with van der Waals surface area (Å²) in [4.78, 5) is 0. The van der Waals surface area contributed by atoms with E-state index >= 15 is 0 Å². The Hall–Kier alpha value is 2.22. The van der Waals surface area contributed by atoms with Crippen molar-refractivity contribution in [2.75, 3.05) is 0 Å². The molecule has 0 aliphatic carbocycles. The largest absolute Gasteiger partial charge is 3.00 e. The first kappa shape index (κ1) is 36.0. The molecule has 0 aliphatic heterocycles. The predicted octanol–water partition coefficient (Wildman–Crippen LogP) is -9.53. The van der Waals surface area contributed by atoms with Gasteiger partial charge in [-0.25, -0.2) is 0 Å². The first-order valence-electron chi connectivity index (χ1n) is 3.94. The molecule has 0 rings (SSSR count). The van der Waals surface area contributed by atoms with E-state index in [2.05, 4.69) is 27.7 Å². The minimum absolute atomic E-state index is 0. The molecule has 0 aromatic rings. The summed E-state index contributed by atoms with van der Waals surface area (Å²) in [6, 6.07) is 0. The van der Waals surface area contributed by atoms with Gasteiger partial charge >= 0.3 is 82.7 Å². The quantitative estimate of drug-likeness (QED) is 0.453. The predicted molar refractivity (Wildman–Crippen MR) is 50.8 cm³/mol. The molecule has 0 amide bonds. The van der Waals surface area contributed by atoms with E-state index in [-0.39, 0.29) is 67.0 Å². The first-order valence-corrected chi connectivity index (χ1v) is 5.58.